The van der Waals surface area contributed by atoms with Crippen molar-refractivity contribution in [1.82, 2.24) is 5.32 Å². The van der Waals surface area contributed by atoms with Crippen LogP contribution in [0.1, 0.15) is 47.0 Å². The molecule has 2 fully saturated rings. The molecule has 0 aromatic heterocycles. The third kappa shape index (κ3) is 2.14. The van der Waals surface area contributed by atoms with E-state index in [2.05, 4.69) is 39.6 Å². The van der Waals surface area contributed by atoms with Gasteiger partial charge in [-0.05, 0) is 48.1 Å². The molecule has 2 aliphatic carbocycles. The van der Waals surface area contributed by atoms with Gasteiger partial charge >= 0.3 is 0 Å². The Labute approximate surface area is 112 Å². The second-order valence-electron chi connectivity index (χ2n) is 6.94. The molecule has 0 spiro atoms. The molecule has 2 nitrogen and oxygen atoms in total. The molecule has 0 heterocycles. The first-order valence-corrected chi connectivity index (χ1v) is 7.40. The molecule has 0 aromatic carbocycles. The van der Waals surface area contributed by atoms with Gasteiger partial charge in [-0.2, -0.15) is 0 Å². The third-order valence-electron chi connectivity index (χ3n) is 5.83. The van der Waals surface area contributed by atoms with E-state index < -0.39 is 0 Å². The summed E-state index contributed by atoms with van der Waals surface area (Å²) in [7, 11) is 0. The monoisotopic (exact) mass is 251 g/mol. The van der Waals surface area contributed by atoms with Crippen molar-refractivity contribution < 1.29 is 4.74 Å². The van der Waals surface area contributed by atoms with Crippen LogP contribution in [0.5, 0.6) is 0 Å². The fourth-order valence-electron chi connectivity index (χ4n) is 3.95. The van der Waals surface area contributed by atoms with Crippen molar-refractivity contribution in [2.45, 2.75) is 53.1 Å². The van der Waals surface area contributed by atoms with Crippen LogP contribution in [-0.2, 0) is 4.74 Å². The van der Waals surface area contributed by atoms with Crippen LogP contribution in [0.2, 0.25) is 0 Å². The Morgan fingerprint density at radius 1 is 1.39 bits per heavy atom. The molecule has 0 radical (unpaired) electrons. The SMILES string of the molecule is C=C(CNCC)COC1CC2CCC1(C)C2(C)C. The predicted octanol–water partition coefficient (Wildman–Crippen LogP) is 3.38. The zero-order valence-corrected chi connectivity index (χ0v) is 12.5. The number of hydrogen-bond donors (Lipinski definition) is 1. The maximum atomic E-state index is 6.19. The van der Waals surface area contributed by atoms with Gasteiger partial charge < -0.3 is 10.1 Å². The first-order valence-electron chi connectivity index (χ1n) is 7.40. The summed E-state index contributed by atoms with van der Waals surface area (Å²) in [6.07, 6.45) is 4.40. The van der Waals surface area contributed by atoms with Gasteiger partial charge in [0.15, 0.2) is 0 Å². The van der Waals surface area contributed by atoms with E-state index in [0.29, 0.717) is 16.9 Å². The summed E-state index contributed by atoms with van der Waals surface area (Å²) < 4.78 is 6.19. The lowest BCUT2D eigenvalue weighted by Crippen LogP contribution is -2.37. The van der Waals surface area contributed by atoms with Crippen LogP contribution in [0.3, 0.4) is 0 Å². The first-order chi connectivity index (χ1) is 8.41. The van der Waals surface area contributed by atoms with Crippen molar-refractivity contribution in [1.29, 1.82) is 0 Å². The van der Waals surface area contributed by atoms with Gasteiger partial charge in [-0.3, -0.25) is 0 Å². The van der Waals surface area contributed by atoms with Crippen LogP contribution in [0, 0.1) is 16.7 Å². The molecule has 2 aliphatic rings. The van der Waals surface area contributed by atoms with Gasteiger partial charge in [-0.1, -0.05) is 34.3 Å². The number of hydrogen-bond acceptors (Lipinski definition) is 2. The predicted molar refractivity (Wildman–Crippen MR) is 76.7 cm³/mol. The third-order valence-corrected chi connectivity index (χ3v) is 5.83. The summed E-state index contributed by atoms with van der Waals surface area (Å²) in [6.45, 7) is 16.1. The molecule has 2 rings (SSSR count). The van der Waals surface area contributed by atoms with Crippen molar-refractivity contribution in [3.63, 3.8) is 0 Å². The van der Waals surface area contributed by atoms with E-state index in [1.807, 2.05) is 0 Å². The first kappa shape index (κ1) is 14.1. The molecule has 3 unspecified atom stereocenters. The minimum atomic E-state index is 0.371. The molecule has 2 bridgehead atoms. The Balaban J connectivity index is 1.87. The minimum absolute atomic E-state index is 0.371. The fraction of sp³-hybridized carbons (Fsp3) is 0.875. The highest BCUT2D eigenvalue weighted by Gasteiger charge is 2.61. The van der Waals surface area contributed by atoms with Gasteiger partial charge in [0.2, 0.25) is 0 Å². The van der Waals surface area contributed by atoms with Crippen molar-refractivity contribution in [3.8, 4) is 0 Å². The largest absolute Gasteiger partial charge is 0.373 e. The molecule has 104 valence electrons. The maximum Gasteiger partial charge on any atom is 0.0690 e. The topological polar surface area (TPSA) is 21.3 Å². The fourth-order valence-corrected chi connectivity index (χ4v) is 3.95. The summed E-state index contributed by atoms with van der Waals surface area (Å²) in [6, 6.07) is 0. The van der Waals surface area contributed by atoms with Crippen LogP contribution in [-0.4, -0.2) is 25.8 Å². The summed E-state index contributed by atoms with van der Waals surface area (Å²) in [5.41, 5.74) is 1.98. The number of fused-ring (bicyclic) bond motifs is 2. The summed E-state index contributed by atoms with van der Waals surface area (Å²) in [5.74, 6) is 0.856. The molecule has 0 aromatic rings. The van der Waals surface area contributed by atoms with E-state index in [-0.39, 0.29) is 0 Å². The van der Waals surface area contributed by atoms with E-state index in [4.69, 9.17) is 4.74 Å². The molecule has 3 atom stereocenters. The summed E-state index contributed by atoms with van der Waals surface area (Å²) >= 11 is 0. The van der Waals surface area contributed by atoms with Gasteiger partial charge in [0.1, 0.15) is 0 Å². The molecular weight excluding hydrogens is 222 g/mol. The van der Waals surface area contributed by atoms with Crippen LogP contribution in [0.4, 0.5) is 0 Å². The number of ether oxygens (including phenoxy) is 1. The summed E-state index contributed by atoms with van der Waals surface area (Å²) in [4.78, 5) is 0. The zero-order valence-electron chi connectivity index (χ0n) is 12.5. The van der Waals surface area contributed by atoms with Crippen LogP contribution in [0.25, 0.3) is 0 Å². The molecule has 18 heavy (non-hydrogen) atoms. The number of rotatable bonds is 6. The number of nitrogens with one attached hydrogen (secondary N) is 1. The van der Waals surface area contributed by atoms with Gasteiger partial charge in [0, 0.05) is 6.54 Å². The highest BCUT2D eigenvalue weighted by Crippen LogP contribution is 2.66. The quantitative estimate of drug-likeness (QED) is 0.731. The molecule has 0 amide bonds. The van der Waals surface area contributed by atoms with E-state index >= 15 is 0 Å². The Morgan fingerprint density at radius 3 is 2.61 bits per heavy atom. The molecule has 0 saturated heterocycles. The lowest BCUT2D eigenvalue weighted by molar-refractivity contribution is -0.0378. The minimum Gasteiger partial charge on any atom is -0.373 e. The molecule has 2 saturated carbocycles. The Bertz CT molecular complexity index is 323. The Morgan fingerprint density at radius 2 is 2.11 bits per heavy atom. The zero-order chi connectivity index (χ0) is 13.4. The second kappa shape index (κ2) is 4.97. The standard InChI is InChI=1S/C16H29NO/c1-6-17-10-12(2)11-18-14-9-13-7-8-16(14,5)15(13,3)4/h13-14,17H,2,6-11H2,1,3-5H3. The van der Waals surface area contributed by atoms with Gasteiger partial charge in [0.25, 0.3) is 0 Å². The van der Waals surface area contributed by atoms with E-state index in [9.17, 15) is 0 Å². The van der Waals surface area contributed by atoms with Crippen LogP contribution >= 0.6 is 0 Å². The lowest BCUT2D eigenvalue weighted by atomic mass is 9.70. The lowest BCUT2D eigenvalue weighted by Gasteiger charge is -2.39. The normalized spacial score (nSPS) is 37.1. The summed E-state index contributed by atoms with van der Waals surface area (Å²) in [5, 5.41) is 3.30. The van der Waals surface area contributed by atoms with Crippen LogP contribution < -0.4 is 5.32 Å². The van der Waals surface area contributed by atoms with E-state index in [1.54, 1.807) is 0 Å². The van der Waals surface area contributed by atoms with Crippen LogP contribution in [0.15, 0.2) is 12.2 Å². The average molecular weight is 251 g/mol. The molecule has 0 aliphatic heterocycles. The highest BCUT2D eigenvalue weighted by atomic mass is 16.5. The highest BCUT2D eigenvalue weighted by molar-refractivity contribution is 5.11. The van der Waals surface area contributed by atoms with Crippen molar-refractivity contribution in [2.75, 3.05) is 19.7 Å². The average Bonchev–Trinajstić information content (AvgIpc) is 2.66. The van der Waals surface area contributed by atoms with Gasteiger partial charge in [0.05, 0.1) is 12.7 Å². The van der Waals surface area contributed by atoms with E-state index in [1.165, 1.54) is 24.8 Å². The van der Waals surface area contributed by atoms with Crippen molar-refractivity contribution in [3.05, 3.63) is 12.2 Å². The number of likely N-dealkylation sites (N-methyl/N-ethyl adjacent to an activating group) is 1. The Kier molecular flexibility index (Phi) is 3.89. The van der Waals surface area contributed by atoms with Gasteiger partial charge in [-0.25, -0.2) is 0 Å². The molecule has 1 N–H and O–H groups in total. The molecule has 2 heteroatoms. The smallest absolute Gasteiger partial charge is 0.0690 e. The molecular formula is C16H29NO. The second-order valence-corrected chi connectivity index (χ2v) is 6.94. The van der Waals surface area contributed by atoms with Gasteiger partial charge in [-0.15, -0.1) is 0 Å². The van der Waals surface area contributed by atoms with Crippen molar-refractivity contribution >= 4 is 0 Å². The maximum absolute atomic E-state index is 6.19. The van der Waals surface area contributed by atoms with E-state index in [0.717, 1.165) is 25.6 Å². The Hall–Kier alpha value is -0.340. The van der Waals surface area contributed by atoms with Crippen molar-refractivity contribution in [2.24, 2.45) is 16.7 Å².